The predicted molar refractivity (Wildman–Crippen MR) is 75.0 cm³/mol. The van der Waals surface area contributed by atoms with E-state index < -0.39 is 0 Å². The van der Waals surface area contributed by atoms with Gasteiger partial charge in [0.15, 0.2) is 5.15 Å². The molecule has 1 aromatic heterocycles. The average molecular weight is 274 g/mol. The van der Waals surface area contributed by atoms with Gasteiger partial charge < -0.3 is 15.0 Å². The van der Waals surface area contributed by atoms with Crippen LogP contribution in [0.5, 0.6) is 0 Å². The summed E-state index contributed by atoms with van der Waals surface area (Å²) in [7, 11) is 1.72. The van der Waals surface area contributed by atoms with Gasteiger partial charge in [0.25, 0.3) is 0 Å². The van der Waals surface area contributed by atoms with Crippen LogP contribution in [0, 0.1) is 5.92 Å². The van der Waals surface area contributed by atoms with Gasteiger partial charge in [0, 0.05) is 33.2 Å². The maximum absolute atomic E-state index is 6.09. The minimum atomic E-state index is 0.497. The van der Waals surface area contributed by atoms with E-state index in [-0.39, 0.29) is 0 Å². The number of imidazole rings is 1. The van der Waals surface area contributed by atoms with Crippen molar-refractivity contribution in [2.75, 3.05) is 20.3 Å². The van der Waals surface area contributed by atoms with E-state index >= 15 is 0 Å². The lowest BCUT2D eigenvalue weighted by atomic mass is 10.2. The van der Waals surface area contributed by atoms with E-state index in [1.54, 1.807) is 7.11 Å². The molecule has 0 spiro atoms. The van der Waals surface area contributed by atoms with Crippen molar-refractivity contribution in [2.45, 2.75) is 39.7 Å². The monoisotopic (exact) mass is 273 g/mol. The fraction of sp³-hybridized carbons (Fsp3) is 0.769. The molecule has 4 nitrogen and oxygen atoms in total. The molecule has 0 aliphatic heterocycles. The summed E-state index contributed by atoms with van der Waals surface area (Å²) in [6, 6.07) is 0. The number of rotatable bonds is 9. The maximum atomic E-state index is 6.09. The van der Waals surface area contributed by atoms with Gasteiger partial charge >= 0.3 is 0 Å². The first-order chi connectivity index (χ1) is 8.67. The fourth-order valence-electron chi connectivity index (χ4n) is 1.81. The minimum Gasteiger partial charge on any atom is -0.384 e. The summed E-state index contributed by atoms with van der Waals surface area (Å²) in [6.45, 7) is 6.73. The molecule has 0 fully saturated rings. The summed E-state index contributed by atoms with van der Waals surface area (Å²) >= 11 is 6.09. The smallest absolute Gasteiger partial charge is 0.151 e. The van der Waals surface area contributed by atoms with Crippen molar-refractivity contribution < 1.29 is 4.74 Å². The summed E-state index contributed by atoms with van der Waals surface area (Å²) in [5.74, 6) is 1.49. The highest BCUT2D eigenvalue weighted by Gasteiger charge is 2.08. The second-order valence-corrected chi connectivity index (χ2v) is 5.11. The van der Waals surface area contributed by atoms with Crippen LogP contribution in [0.25, 0.3) is 0 Å². The molecular weight excluding hydrogens is 250 g/mol. The van der Waals surface area contributed by atoms with Crippen LogP contribution in [0.15, 0.2) is 0 Å². The van der Waals surface area contributed by atoms with E-state index in [4.69, 9.17) is 16.3 Å². The molecule has 0 aromatic carbocycles. The first-order valence-electron chi connectivity index (χ1n) is 6.60. The number of hydrogen-bond acceptors (Lipinski definition) is 3. The van der Waals surface area contributed by atoms with Crippen LogP contribution in [0.1, 0.15) is 38.2 Å². The van der Waals surface area contributed by atoms with Gasteiger partial charge in [0.1, 0.15) is 5.82 Å². The Morgan fingerprint density at radius 3 is 2.94 bits per heavy atom. The van der Waals surface area contributed by atoms with Crippen LogP contribution in [0.4, 0.5) is 0 Å². The molecule has 1 unspecified atom stereocenters. The van der Waals surface area contributed by atoms with Crippen molar-refractivity contribution in [3.05, 3.63) is 16.7 Å². The third kappa shape index (κ3) is 5.38. The molecular formula is C13H24ClN3O. The van der Waals surface area contributed by atoms with Gasteiger partial charge in [0.2, 0.25) is 0 Å². The molecule has 0 amide bonds. The second-order valence-electron chi connectivity index (χ2n) is 4.75. The van der Waals surface area contributed by atoms with E-state index in [2.05, 4.69) is 29.1 Å². The first-order valence-corrected chi connectivity index (χ1v) is 6.98. The molecule has 1 atom stereocenters. The number of aromatic amines is 1. The van der Waals surface area contributed by atoms with E-state index in [1.165, 1.54) is 6.42 Å². The number of ether oxygens (including phenoxy) is 1. The van der Waals surface area contributed by atoms with E-state index in [9.17, 15) is 0 Å². The van der Waals surface area contributed by atoms with Gasteiger partial charge in [-0.15, -0.1) is 0 Å². The van der Waals surface area contributed by atoms with Gasteiger partial charge in [-0.2, -0.15) is 0 Å². The molecule has 0 saturated carbocycles. The summed E-state index contributed by atoms with van der Waals surface area (Å²) in [4.78, 5) is 7.61. The zero-order chi connectivity index (χ0) is 13.4. The zero-order valence-electron chi connectivity index (χ0n) is 11.6. The Kier molecular flexibility index (Phi) is 7.32. The number of hydrogen-bond donors (Lipinski definition) is 2. The fourth-order valence-corrected chi connectivity index (χ4v) is 2.02. The Morgan fingerprint density at radius 1 is 1.50 bits per heavy atom. The molecule has 2 N–H and O–H groups in total. The summed E-state index contributed by atoms with van der Waals surface area (Å²) < 4.78 is 5.09. The van der Waals surface area contributed by atoms with E-state index in [0.29, 0.717) is 11.1 Å². The van der Waals surface area contributed by atoms with Gasteiger partial charge in [-0.25, -0.2) is 4.98 Å². The van der Waals surface area contributed by atoms with Crippen molar-refractivity contribution in [3.8, 4) is 0 Å². The summed E-state index contributed by atoms with van der Waals surface area (Å²) in [6.07, 6.45) is 3.28. The Bertz CT molecular complexity index is 341. The molecule has 1 heterocycles. The van der Waals surface area contributed by atoms with E-state index in [1.807, 2.05) is 0 Å². The van der Waals surface area contributed by atoms with Crippen LogP contribution in [0.2, 0.25) is 5.15 Å². The maximum Gasteiger partial charge on any atom is 0.151 e. The molecule has 1 rings (SSSR count). The van der Waals surface area contributed by atoms with Gasteiger partial charge in [-0.1, -0.05) is 31.9 Å². The lowest BCUT2D eigenvalue weighted by Gasteiger charge is -2.10. The minimum absolute atomic E-state index is 0.497. The first kappa shape index (κ1) is 15.5. The largest absolute Gasteiger partial charge is 0.384 e. The topological polar surface area (TPSA) is 49.9 Å². The lowest BCUT2D eigenvalue weighted by Crippen LogP contribution is -2.23. The highest BCUT2D eigenvalue weighted by Crippen LogP contribution is 2.14. The highest BCUT2D eigenvalue weighted by molar-refractivity contribution is 6.30. The number of H-pyrrole nitrogens is 1. The summed E-state index contributed by atoms with van der Waals surface area (Å²) in [5.41, 5.74) is 0.979. The third-order valence-corrected chi connectivity index (χ3v) is 3.10. The van der Waals surface area contributed by atoms with Crippen LogP contribution < -0.4 is 5.32 Å². The van der Waals surface area contributed by atoms with Crippen molar-refractivity contribution in [1.29, 1.82) is 0 Å². The van der Waals surface area contributed by atoms with Crippen LogP contribution in [-0.4, -0.2) is 30.2 Å². The molecule has 5 heteroatoms. The Balaban J connectivity index is 2.35. The van der Waals surface area contributed by atoms with Crippen molar-refractivity contribution in [2.24, 2.45) is 5.92 Å². The number of nitrogens with zero attached hydrogens (tertiary/aromatic N) is 1. The Morgan fingerprint density at radius 2 is 2.28 bits per heavy atom. The van der Waals surface area contributed by atoms with Gasteiger partial charge in [-0.05, 0) is 12.3 Å². The number of aromatic nitrogens is 2. The average Bonchev–Trinajstić information content (AvgIpc) is 2.68. The molecule has 1 aromatic rings. The number of halogens is 1. The molecule has 0 bridgehead atoms. The Hall–Kier alpha value is -0.580. The van der Waals surface area contributed by atoms with E-state index in [0.717, 1.165) is 44.1 Å². The third-order valence-electron chi connectivity index (χ3n) is 2.79. The predicted octanol–water partition coefficient (Wildman–Crippen LogP) is 2.78. The SMILES string of the molecule is CCCCc1nc(Cl)c(CNCC(C)COC)[nH]1. The standard InChI is InChI=1S/C13H24ClN3O/c1-4-5-6-12-16-11(13(14)17-12)8-15-7-10(2)9-18-3/h10,15H,4-9H2,1-3H3,(H,16,17). The van der Waals surface area contributed by atoms with Crippen molar-refractivity contribution in [3.63, 3.8) is 0 Å². The van der Waals surface area contributed by atoms with Gasteiger partial charge in [-0.3, -0.25) is 0 Å². The molecule has 104 valence electrons. The zero-order valence-corrected chi connectivity index (χ0v) is 12.3. The van der Waals surface area contributed by atoms with Crippen molar-refractivity contribution in [1.82, 2.24) is 15.3 Å². The quantitative estimate of drug-likeness (QED) is 0.727. The molecule has 0 saturated heterocycles. The molecule has 0 radical (unpaired) electrons. The highest BCUT2D eigenvalue weighted by atomic mass is 35.5. The second kappa shape index (κ2) is 8.51. The number of nitrogens with one attached hydrogen (secondary N) is 2. The molecule has 0 aliphatic rings. The Labute approximate surface area is 114 Å². The van der Waals surface area contributed by atoms with Crippen LogP contribution >= 0.6 is 11.6 Å². The normalized spacial score (nSPS) is 12.9. The van der Waals surface area contributed by atoms with Crippen LogP contribution in [-0.2, 0) is 17.7 Å². The number of unbranched alkanes of at least 4 members (excludes halogenated alkanes) is 1. The van der Waals surface area contributed by atoms with Gasteiger partial charge in [0.05, 0.1) is 5.69 Å². The van der Waals surface area contributed by atoms with Crippen molar-refractivity contribution >= 4 is 11.6 Å². The van der Waals surface area contributed by atoms with Crippen LogP contribution in [0.3, 0.4) is 0 Å². The molecule has 18 heavy (non-hydrogen) atoms. The number of methoxy groups -OCH3 is 1. The number of aryl methyl sites for hydroxylation is 1. The summed E-state index contributed by atoms with van der Waals surface area (Å²) in [5, 5.41) is 3.95. The lowest BCUT2D eigenvalue weighted by molar-refractivity contribution is 0.158. The molecule has 0 aliphatic carbocycles.